The lowest BCUT2D eigenvalue weighted by Crippen LogP contribution is -2.03. The van der Waals surface area contributed by atoms with E-state index in [1.54, 1.807) is 6.33 Å². The topological polar surface area (TPSA) is 57.0 Å². The first-order chi connectivity index (χ1) is 6.72. The Morgan fingerprint density at radius 3 is 2.86 bits per heavy atom. The number of aromatic nitrogens is 2. The lowest BCUT2D eigenvalue weighted by Gasteiger charge is -1.99. The number of hydrogen-bond acceptors (Lipinski definition) is 3. The molecule has 14 heavy (non-hydrogen) atoms. The van der Waals surface area contributed by atoms with E-state index in [1.807, 2.05) is 30.7 Å². The monoisotopic (exact) mass is 191 g/mol. The van der Waals surface area contributed by atoms with E-state index in [9.17, 15) is 0 Å². The molecule has 0 aromatic carbocycles. The molecule has 4 heteroatoms. The molecule has 4 nitrogen and oxygen atoms in total. The minimum absolute atomic E-state index is 0.464. The molecule has 2 N–H and O–H groups in total. The van der Waals surface area contributed by atoms with E-state index >= 15 is 0 Å². The zero-order chi connectivity index (χ0) is 10.1. The van der Waals surface area contributed by atoms with E-state index in [0.717, 1.165) is 22.9 Å². The average Bonchev–Trinajstić information content (AvgIpc) is 2.71. The molecule has 0 amide bonds. The van der Waals surface area contributed by atoms with E-state index < -0.39 is 0 Å². The summed E-state index contributed by atoms with van der Waals surface area (Å²) in [5, 5.41) is 0. The number of furan rings is 1. The van der Waals surface area contributed by atoms with Gasteiger partial charge in [-0.1, -0.05) is 0 Å². The second-order valence-corrected chi connectivity index (χ2v) is 3.27. The van der Waals surface area contributed by atoms with Crippen LogP contribution in [0.4, 0.5) is 0 Å². The standard InChI is InChI=1S/C10H13N3O/c1-7-3-4-9(14-7)10-8(5-11)13(2)6-12-10/h3-4,6H,5,11H2,1-2H3. The molecule has 74 valence electrons. The number of imidazole rings is 1. The van der Waals surface area contributed by atoms with Gasteiger partial charge < -0.3 is 14.7 Å². The first kappa shape index (κ1) is 9.02. The molecule has 0 radical (unpaired) electrons. The molecule has 2 rings (SSSR count). The Hall–Kier alpha value is -1.55. The van der Waals surface area contributed by atoms with Gasteiger partial charge in [-0.05, 0) is 19.1 Å². The molecule has 0 fully saturated rings. The first-order valence-corrected chi connectivity index (χ1v) is 4.49. The summed E-state index contributed by atoms with van der Waals surface area (Å²) in [6.45, 7) is 2.38. The van der Waals surface area contributed by atoms with E-state index in [2.05, 4.69) is 4.98 Å². The average molecular weight is 191 g/mol. The van der Waals surface area contributed by atoms with Gasteiger partial charge in [0, 0.05) is 13.6 Å². The molecular formula is C10H13N3O. The largest absolute Gasteiger partial charge is 0.460 e. The maximum absolute atomic E-state index is 5.64. The highest BCUT2D eigenvalue weighted by Crippen LogP contribution is 2.23. The summed E-state index contributed by atoms with van der Waals surface area (Å²) in [7, 11) is 1.93. The summed E-state index contributed by atoms with van der Waals surface area (Å²) >= 11 is 0. The lowest BCUT2D eigenvalue weighted by molar-refractivity contribution is 0.546. The zero-order valence-electron chi connectivity index (χ0n) is 8.32. The normalized spacial score (nSPS) is 10.8. The van der Waals surface area contributed by atoms with Crippen LogP contribution < -0.4 is 5.73 Å². The molecule has 0 atom stereocenters. The van der Waals surface area contributed by atoms with E-state index in [4.69, 9.17) is 10.2 Å². The van der Waals surface area contributed by atoms with Crippen LogP contribution in [0.5, 0.6) is 0 Å². The summed E-state index contributed by atoms with van der Waals surface area (Å²) in [4.78, 5) is 4.26. The van der Waals surface area contributed by atoms with Gasteiger partial charge in [-0.25, -0.2) is 4.98 Å². The van der Waals surface area contributed by atoms with Crippen LogP contribution in [0.1, 0.15) is 11.5 Å². The van der Waals surface area contributed by atoms with Crippen molar-refractivity contribution in [3.05, 3.63) is 29.9 Å². The highest BCUT2D eigenvalue weighted by atomic mass is 16.3. The summed E-state index contributed by atoms with van der Waals surface area (Å²) < 4.78 is 7.40. The molecule has 0 aliphatic rings. The summed E-state index contributed by atoms with van der Waals surface area (Å²) in [6, 6.07) is 3.83. The third-order valence-electron chi connectivity index (χ3n) is 2.23. The Labute approximate surface area is 82.4 Å². The Morgan fingerprint density at radius 2 is 2.29 bits per heavy atom. The predicted octanol–water partition coefficient (Wildman–Crippen LogP) is 1.45. The quantitative estimate of drug-likeness (QED) is 0.781. The fourth-order valence-corrected chi connectivity index (χ4v) is 1.46. The third kappa shape index (κ3) is 1.33. The summed E-state index contributed by atoms with van der Waals surface area (Å²) in [5.74, 6) is 1.66. The fraction of sp³-hybridized carbons (Fsp3) is 0.300. The molecule has 0 spiro atoms. The van der Waals surface area contributed by atoms with Crippen molar-refractivity contribution < 1.29 is 4.42 Å². The van der Waals surface area contributed by atoms with Gasteiger partial charge in [0.1, 0.15) is 11.5 Å². The Kier molecular flexibility index (Phi) is 2.13. The SMILES string of the molecule is Cc1ccc(-c2ncn(C)c2CN)o1. The third-order valence-corrected chi connectivity index (χ3v) is 2.23. The van der Waals surface area contributed by atoms with Gasteiger partial charge in [0.05, 0.1) is 12.0 Å². The Balaban J connectivity index is 2.51. The van der Waals surface area contributed by atoms with Crippen LogP contribution in [0.25, 0.3) is 11.5 Å². The molecule has 2 heterocycles. The molecule has 0 unspecified atom stereocenters. The van der Waals surface area contributed by atoms with Gasteiger partial charge in [0.2, 0.25) is 0 Å². The van der Waals surface area contributed by atoms with Crippen molar-refractivity contribution in [1.82, 2.24) is 9.55 Å². The Morgan fingerprint density at radius 1 is 1.50 bits per heavy atom. The van der Waals surface area contributed by atoms with E-state index in [1.165, 1.54) is 0 Å². The van der Waals surface area contributed by atoms with E-state index in [-0.39, 0.29) is 0 Å². The Bertz CT molecular complexity index is 442. The van der Waals surface area contributed by atoms with E-state index in [0.29, 0.717) is 6.54 Å². The summed E-state index contributed by atoms with van der Waals surface area (Å²) in [5.41, 5.74) is 7.46. The zero-order valence-corrected chi connectivity index (χ0v) is 8.32. The molecule has 2 aromatic heterocycles. The molecular weight excluding hydrogens is 178 g/mol. The smallest absolute Gasteiger partial charge is 0.154 e. The second kappa shape index (κ2) is 3.31. The summed E-state index contributed by atoms with van der Waals surface area (Å²) in [6.07, 6.45) is 1.75. The van der Waals surface area contributed by atoms with Crippen LogP contribution in [-0.4, -0.2) is 9.55 Å². The van der Waals surface area contributed by atoms with Gasteiger partial charge in [0.25, 0.3) is 0 Å². The number of rotatable bonds is 2. The molecule has 0 bridgehead atoms. The van der Waals surface area contributed by atoms with Crippen molar-refractivity contribution in [3.63, 3.8) is 0 Å². The molecule has 0 aliphatic carbocycles. The van der Waals surface area contributed by atoms with Crippen LogP contribution in [-0.2, 0) is 13.6 Å². The van der Waals surface area contributed by atoms with Crippen molar-refractivity contribution in [3.8, 4) is 11.5 Å². The van der Waals surface area contributed by atoms with Crippen LogP contribution >= 0.6 is 0 Å². The molecule has 2 aromatic rings. The highest BCUT2D eigenvalue weighted by molar-refractivity contribution is 5.55. The molecule has 0 saturated carbocycles. The number of nitrogens with two attached hydrogens (primary N) is 1. The maximum atomic E-state index is 5.64. The first-order valence-electron chi connectivity index (χ1n) is 4.49. The number of aryl methyl sites for hydroxylation is 2. The molecule has 0 saturated heterocycles. The minimum Gasteiger partial charge on any atom is -0.460 e. The van der Waals surface area contributed by atoms with Crippen LogP contribution in [0.3, 0.4) is 0 Å². The highest BCUT2D eigenvalue weighted by Gasteiger charge is 2.12. The van der Waals surface area contributed by atoms with Crippen LogP contribution in [0.15, 0.2) is 22.9 Å². The number of hydrogen-bond donors (Lipinski definition) is 1. The van der Waals surface area contributed by atoms with Gasteiger partial charge in [-0.2, -0.15) is 0 Å². The van der Waals surface area contributed by atoms with Gasteiger partial charge in [-0.15, -0.1) is 0 Å². The molecule has 0 aliphatic heterocycles. The minimum atomic E-state index is 0.464. The van der Waals surface area contributed by atoms with Crippen molar-refractivity contribution in [2.45, 2.75) is 13.5 Å². The van der Waals surface area contributed by atoms with Crippen LogP contribution in [0, 0.1) is 6.92 Å². The van der Waals surface area contributed by atoms with Crippen LogP contribution in [0.2, 0.25) is 0 Å². The van der Waals surface area contributed by atoms with Crippen molar-refractivity contribution in [2.24, 2.45) is 12.8 Å². The predicted molar refractivity (Wildman–Crippen MR) is 53.5 cm³/mol. The number of nitrogens with zero attached hydrogens (tertiary/aromatic N) is 2. The van der Waals surface area contributed by atoms with Crippen molar-refractivity contribution in [2.75, 3.05) is 0 Å². The van der Waals surface area contributed by atoms with Gasteiger partial charge in [0.15, 0.2) is 5.76 Å². The van der Waals surface area contributed by atoms with Crippen molar-refractivity contribution >= 4 is 0 Å². The van der Waals surface area contributed by atoms with Crippen molar-refractivity contribution in [1.29, 1.82) is 0 Å². The second-order valence-electron chi connectivity index (χ2n) is 3.27. The van der Waals surface area contributed by atoms with Gasteiger partial charge >= 0.3 is 0 Å². The maximum Gasteiger partial charge on any atom is 0.154 e. The fourth-order valence-electron chi connectivity index (χ4n) is 1.46. The van der Waals surface area contributed by atoms with Gasteiger partial charge in [-0.3, -0.25) is 0 Å². The lowest BCUT2D eigenvalue weighted by atomic mass is 10.2.